The number of fused-ring (bicyclic) bond motifs is 1. The van der Waals surface area contributed by atoms with Gasteiger partial charge >= 0.3 is 0 Å². The van der Waals surface area contributed by atoms with Crippen LogP contribution in [0.2, 0.25) is 5.02 Å². The van der Waals surface area contributed by atoms with Crippen molar-refractivity contribution < 1.29 is 14.3 Å². The van der Waals surface area contributed by atoms with Crippen LogP contribution in [0.15, 0.2) is 84.1 Å². The lowest BCUT2D eigenvalue weighted by Crippen LogP contribution is -2.37. The molecule has 1 amide bonds. The van der Waals surface area contributed by atoms with Gasteiger partial charge in [-0.25, -0.2) is 0 Å². The number of ether oxygens (including phenoxy) is 1. The van der Waals surface area contributed by atoms with Gasteiger partial charge in [-0.3, -0.25) is 14.5 Å². The largest absolute Gasteiger partial charge is 0.497 e. The number of nitrogens with zero attached hydrogens (tertiary/aromatic N) is 1. The average Bonchev–Trinajstić information content (AvgIpc) is 2.99. The number of carbonyl (C=O) groups is 2. The third-order valence-electron chi connectivity index (χ3n) is 6.61. The Morgan fingerprint density at radius 2 is 1.71 bits per heavy atom. The molecule has 6 heteroatoms. The zero-order chi connectivity index (χ0) is 23.8. The summed E-state index contributed by atoms with van der Waals surface area (Å²) >= 11 is 6.64. The van der Waals surface area contributed by atoms with E-state index in [9.17, 15) is 9.59 Å². The third-order valence-corrected chi connectivity index (χ3v) is 6.96. The van der Waals surface area contributed by atoms with E-state index >= 15 is 0 Å². The Morgan fingerprint density at radius 1 is 1.00 bits per heavy atom. The normalized spacial score (nSPS) is 19.6. The minimum absolute atomic E-state index is 0.0125. The van der Waals surface area contributed by atoms with Crippen molar-refractivity contribution >= 4 is 34.7 Å². The van der Waals surface area contributed by atoms with Gasteiger partial charge in [-0.15, -0.1) is 0 Å². The second kappa shape index (κ2) is 8.99. The van der Waals surface area contributed by atoms with E-state index in [1.165, 1.54) is 6.92 Å². The number of anilines is 2. The molecular weight excluding hydrogens is 448 g/mol. The van der Waals surface area contributed by atoms with E-state index in [1.54, 1.807) is 18.1 Å². The molecule has 3 aromatic rings. The van der Waals surface area contributed by atoms with Crippen LogP contribution in [0.1, 0.15) is 42.9 Å². The summed E-state index contributed by atoms with van der Waals surface area (Å²) in [5, 5.41) is 4.04. The number of para-hydroxylation sites is 2. The van der Waals surface area contributed by atoms with E-state index in [-0.39, 0.29) is 17.6 Å². The first kappa shape index (κ1) is 22.2. The molecular formula is C28H25ClN2O3. The number of hydrogen-bond donors (Lipinski definition) is 1. The minimum Gasteiger partial charge on any atom is -0.497 e. The molecule has 0 spiro atoms. The molecule has 1 aliphatic heterocycles. The number of nitrogens with one attached hydrogen (secondary N) is 1. The van der Waals surface area contributed by atoms with Crippen molar-refractivity contribution in [3.05, 3.63) is 100 Å². The topological polar surface area (TPSA) is 58.6 Å². The zero-order valence-corrected chi connectivity index (χ0v) is 19.8. The first-order valence-electron chi connectivity index (χ1n) is 11.3. The standard InChI is InChI=1S/C28H25ClN2O3/c1-17(32)31-25-10-6-5-9-23(25)30-24-15-19(18-11-13-20(34-2)14-12-18)16-26(33)27(24)28(31)21-7-3-4-8-22(21)29/h3-14,19,28,30H,15-16H2,1-2H3. The summed E-state index contributed by atoms with van der Waals surface area (Å²) < 4.78 is 5.29. The lowest BCUT2D eigenvalue weighted by molar-refractivity contribution is -0.117. The maximum atomic E-state index is 13.8. The highest BCUT2D eigenvalue weighted by Gasteiger charge is 2.41. The molecule has 0 radical (unpaired) electrons. The van der Waals surface area contributed by atoms with Crippen molar-refractivity contribution in [2.45, 2.75) is 31.7 Å². The number of halogens is 1. The summed E-state index contributed by atoms with van der Waals surface area (Å²) in [4.78, 5) is 28.5. The van der Waals surface area contributed by atoms with Crippen molar-refractivity contribution in [1.29, 1.82) is 0 Å². The lowest BCUT2D eigenvalue weighted by Gasteiger charge is -2.35. The van der Waals surface area contributed by atoms with E-state index < -0.39 is 6.04 Å². The Morgan fingerprint density at radius 3 is 2.41 bits per heavy atom. The molecule has 2 unspecified atom stereocenters. The van der Waals surface area contributed by atoms with Gasteiger partial charge in [0.2, 0.25) is 5.91 Å². The molecule has 0 bridgehead atoms. The Balaban J connectivity index is 1.68. The molecule has 2 atom stereocenters. The van der Waals surface area contributed by atoms with Crippen LogP contribution in [0.4, 0.5) is 11.4 Å². The number of hydrogen-bond acceptors (Lipinski definition) is 4. The van der Waals surface area contributed by atoms with E-state index in [4.69, 9.17) is 16.3 Å². The predicted molar refractivity (Wildman–Crippen MR) is 134 cm³/mol. The molecule has 0 aromatic heterocycles. The Hall–Kier alpha value is -3.57. The Labute approximate surface area is 204 Å². The zero-order valence-electron chi connectivity index (χ0n) is 19.0. The monoisotopic (exact) mass is 472 g/mol. The number of amides is 1. The summed E-state index contributed by atoms with van der Waals surface area (Å²) in [6.07, 6.45) is 1.00. The Kier molecular flexibility index (Phi) is 5.88. The van der Waals surface area contributed by atoms with Gasteiger partial charge in [0.15, 0.2) is 5.78 Å². The van der Waals surface area contributed by atoms with Gasteiger partial charge < -0.3 is 10.1 Å². The highest BCUT2D eigenvalue weighted by molar-refractivity contribution is 6.31. The van der Waals surface area contributed by atoms with Gasteiger partial charge in [-0.2, -0.15) is 0 Å². The molecule has 34 heavy (non-hydrogen) atoms. The van der Waals surface area contributed by atoms with E-state index in [2.05, 4.69) is 5.32 Å². The molecule has 1 heterocycles. The number of rotatable bonds is 3. The Bertz CT molecular complexity index is 1300. The van der Waals surface area contributed by atoms with Crippen molar-refractivity contribution in [2.75, 3.05) is 17.3 Å². The van der Waals surface area contributed by atoms with Crippen LogP contribution in [-0.4, -0.2) is 18.8 Å². The molecule has 172 valence electrons. The number of benzene rings is 3. The summed E-state index contributed by atoms with van der Waals surface area (Å²) in [7, 11) is 1.64. The summed E-state index contributed by atoms with van der Waals surface area (Å²) in [6.45, 7) is 1.53. The van der Waals surface area contributed by atoms with Crippen molar-refractivity contribution in [3.8, 4) is 5.75 Å². The second-order valence-electron chi connectivity index (χ2n) is 8.65. The molecule has 5 rings (SSSR count). The van der Waals surface area contributed by atoms with Gasteiger partial charge in [0.1, 0.15) is 5.75 Å². The van der Waals surface area contributed by atoms with E-state index in [0.717, 1.165) is 33.9 Å². The summed E-state index contributed by atoms with van der Waals surface area (Å²) in [5.74, 6) is 0.660. The van der Waals surface area contributed by atoms with E-state index in [1.807, 2.05) is 66.7 Å². The number of allylic oxidation sites excluding steroid dienone is 1. The summed E-state index contributed by atoms with van der Waals surface area (Å²) in [6, 6.07) is 22.3. The quantitative estimate of drug-likeness (QED) is 0.488. The van der Waals surface area contributed by atoms with Crippen LogP contribution >= 0.6 is 11.6 Å². The first-order chi connectivity index (χ1) is 16.5. The van der Waals surface area contributed by atoms with Crippen molar-refractivity contribution in [2.24, 2.45) is 0 Å². The van der Waals surface area contributed by atoms with Gasteiger partial charge in [0.25, 0.3) is 0 Å². The number of Topliss-reactive ketones (excluding diaryl/α,β-unsaturated/α-hetero) is 1. The van der Waals surface area contributed by atoms with Crippen LogP contribution in [0.25, 0.3) is 0 Å². The van der Waals surface area contributed by atoms with Gasteiger partial charge in [-0.05, 0) is 53.8 Å². The number of ketones is 1. The van der Waals surface area contributed by atoms with Crippen LogP contribution in [0.3, 0.4) is 0 Å². The average molecular weight is 473 g/mol. The second-order valence-corrected chi connectivity index (χ2v) is 9.06. The molecule has 0 fully saturated rings. The smallest absolute Gasteiger partial charge is 0.224 e. The van der Waals surface area contributed by atoms with E-state index in [0.29, 0.717) is 23.4 Å². The fraction of sp³-hybridized carbons (Fsp3) is 0.214. The fourth-order valence-electron chi connectivity index (χ4n) is 5.04. The molecule has 2 aliphatic rings. The number of carbonyl (C=O) groups excluding carboxylic acids is 2. The first-order valence-corrected chi connectivity index (χ1v) is 11.7. The fourth-order valence-corrected chi connectivity index (χ4v) is 5.28. The molecule has 1 N–H and O–H groups in total. The SMILES string of the molecule is COc1ccc(C2CC(=O)C3=C(C2)Nc2ccccc2N(C(C)=O)C3c2ccccc2Cl)cc1. The maximum absolute atomic E-state index is 13.8. The highest BCUT2D eigenvalue weighted by atomic mass is 35.5. The van der Waals surface area contributed by atoms with Gasteiger partial charge in [0, 0.05) is 29.6 Å². The predicted octanol–water partition coefficient (Wildman–Crippen LogP) is 6.27. The van der Waals surface area contributed by atoms with Crippen molar-refractivity contribution in [1.82, 2.24) is 0 Å². The van der Waals surface area contributed by atoms with Crippen LogP contribution in [-0.2, 0) is 9.59 Å². The van der Waals surface area contributed by atoms with Crippen LogP contribution in [0.5, 0.6) is 5.75 Å². The highest BCUT2D eigenvalue weighted by Crippen LogP contribution is 2.48. The van der Waals surface area contributed by atoms with Gasteiger partial charge in [0.05, 0.1) is 24.5 Å². The minimum atomic E-state index is -0.610. The molecule has 0 saturated heterocycles. The molecule has 1 aliphatic carbocycles. The van der Waals surface area contributed by atoms with Gasteiger partial charge in [-0.1, -0.05) is 54.1 Å². The summed E-state index contributed by atoms with van der Waals surface area (Å²) in [5.41, 5.74) is 4.77. The third kappa shape index (κ3) is 3.86. The van der Waals surface area contributed by atoms with Crippen LogP contribution < -0.4 is 15.0 Å². The molecule has 3 aromatic carbocycles. The van der Waals surface area contributed by atoms with Crippen molar-refractivity contribution in [3.63, 3.8) is 0 Å². The molecule has 5 nitrogen and oxygen atoms in total. The number of methoxy groups -OCH3 is 1. The van der Waals surface area contributed by atoms with Crippen LogP contribution in [0, 0.1) is 0 Å². The lowest BCUT2D eigenvalue weighted by atomic mass is 9.78. The maximum Gasteiger partial charge on any atom is 0.224 e. The molecule has 0 saturated carbocycles.